The minimum absolute atomic E-state index is 0.0242. The second-order valence-corrected chi connectivity index (χ2v) is 6.75. The molecule has 0 bridgehead atoms. The standard InChI is InChI=1S/C12H15ClN2OS2/c13-9-3-2-8(18-9)4-7-15-11(16)12(10(14)17)5-1-6-12/h2-3H,1,4-7H2,(H2,14,17)(H,15,16). The lowest BCUT2D eigenvalue weighted by atomic mass is 9.68. The summed E-state index contributed by atoms with van der Waals surface area (Å²) >= 11 is 12.4. The quantitative estimate of drug-likeness (QED) is 0.822. The van der Waals surface area contributed by atoms with E-state index >= 15 is 0 Å². The second kappa shape index (κ2) is 5.55. The maximum Gasteiger partial charge on any atom is 0.233 e. The molecule has 1 fully saturated rings. The summed E-state index contributed by atoms with van der Waals surface area (Å²) in [5.41, 5.74) is 5.09. The van der Waals surface area contributed by atoms with E-state index in [0.29, 0.717) is 11.5 Å². The molecule has 1 aliphatic carbocycles. The van der Waals surface area contributed by atoms with E-state index in [1.54, 1.807) is 0 Å². The Balaban J connectivity index is 1.83. The molecule has 18 heavy (non-hydrogen) atoms. The minimum atomic E-state index is -0.581. The summed E-state index contributed by atoms with van der Waals surface area (Å²) in [4.78, 5) is 13.6. The number of carbonyl (C=O) groups excluding carboxylic acids is 1. The zero-order chi connectivity index (χ0) is 13.2. The van der Waals surface area contributed by atoms with E-state index in [0.717, 1.165) is 30.0 Å². The van der Waals surface area contributed by atoms with Crippen LogP contribution in [0.5, 0.6) is 0 Å². The van der Waals surface area contributed by atoms with Gasteiger partial charge in [-0.25, -0.2) is 0 Å². The molecule has 1 saturated carbocycles. The summed E-state index contributed by atoms with van der Waals surface area (Å²) in [5, 5.41) is 2.92. The third-order valence-electron chi connectivity index (χ3n) is 3.40. The van der Waals surface area contributed by atoms with Crippen LogP contribution in [-0.2, 0) is 11.2 Å². The highest BCUT2D eigenvalue weighted by atomic mass is 35.5. The third kappa shape index (κ3) is 2.68. The second-order valence-electron chi connectivity index (χ2n) is 4.51. The fourth-order valence-corrected chi connectivity index (χ4v) is 3.45. The van der Waals surface area contributed by atoms with Crippen molar-refractivity contribution >= 4 is 46.1 Å². The Morgan fingerprint density at radius 3 is 2.72 bits per heavy atom. The number of nitrogens with two attached hydrogens (primary N) is 1. The molecule has 0 aromatic carbocycles. The van der Waals surface area contributed by atoms with Crippen molar-refractivity contribution in [2.45, 2.75) is 25.7 Å². The molecule has 0 aliphatic heterocycles. The zero-order valence-electron chi connectivity index (χ0n) is 9.87. The highest BCUT2D eigenvalue weighted by Crippen LogP contribution is 2.41. The van der Waals surface area contributed by atoms with Gasteiger partial charge in [0.15, 0.2) is 0 Å². The molecule has 0 unspecified atom stereocenters. The molecule has 0 saturated heterocycles. The Hall–Kier alpha value is -0.650. The van der Waals surface area contributed by atoms with Crippen molar-refractivity contribution in [3.63, 3.8) is 0 Å². The van der Waals surface area contributed by atoms with Crippen LogP contribution >= 0.6 is 35.2 Å². The van der Waals surface area contributed by atoms with Crippen LogP contribution in [0.2, 0.25) is 4.34 Å². The van der Waals surface area contributed by atoms with E-state index in [-0.39, 0.29) is 5.91 Å². The van der Waals surface area contributed by atoms with Gasteiger partial charge in [-0.2, -0.15) is 0 Å². The van der Waals surface area contributed by atoms with Crippen LogP contribution in [0.1, 0.15) is 24.1 Å². The first-order chi connectivity index (χ1) is 8.54. The lowest BCUT2D eigenvalue weighted by Gasteiger charge is -2.39. The number of amides is 1. The predicted molar refractivity (Wildman–Crippen MR) is 79.1 cm³/mol. The number of carbonyl (C=O) groups is 1. The smallest absolute Gasteiger partial charge is 0.233 e. The van der Waals surface area contributed by atoms with Gasteiger partial charge >= 0.3 is 0 Å². The van der Waals surface area contributed by atoms with Gasteiger partial charge in [-0.3, -0.25) is 4.79 Å². The monoisotopic (exact) mass is 302 g/mol. The third-order valence-corrected chi connectivity index (χ3v) is 5.08. The number of nitrogens with one attached hydrogen (secondary N) is 1. The molecule has 1 aromatic heterocycles. The van der Waals surface area contributed by atoms with Crippen molar-refractivity contribution in [2.75, 3.05) is 6.54 Å². The van der Waals surface area contributed by atoms with E-state index in [1.807, 2.05) is 12.1 Å². The van der Waals surface area contributed by atoms with Crippen LogP contribution in [0.15, 0.2) is 12.1 Å². The first-order valence-corrected chi connectivity index (χ1v) is 7.47. The molecule has 1 amide bonds. The Morgan fingerprint density at radius 1 is 1.56 bits per heavy atom. The van der Waals surface area contributed by atoms with Gasteiger partial charge < -0.3 is 11.1 Å². The molecule has 0 atom stereocenters. The zero-order valence-corrected chi connectivity index (χ0v) is 12.3. The maximum absolute atomic E-state index is 12.1. The Bertz CT molecular complexity index is 468. The lowest BCUT2D eigenvalue weighted by molar-refractivity contribution is -0.130. The lowest BCUT2D eigenvalue weighted by Crippen LogP contribution is -2.53. The van der Waals surface area contributed by atoms with Crippen LogP contribution in [0.25, 0.3) is 0 Å². The molecule has 6 heteroatoms. The van der Waals surface area contributed by atoms with Gasteiger partial charge in [-0.05, 0) is 31.4 Å². The van der Waals surface area contributed by atoms with Gasteiger partial charge in [0.1, 0.15) is 0 Å². The summed E-state index contributed by atoms with van der Waals surface area (Å²) in [6.45, 7) is 0.597. The fraction of sp³-hybridized carbons (Fsp3) is 0.500. The molecule has 1 heterocycles. The first kappa shape index (κ1) is 13.8. The van der Waals surface area contributed by atoms with Gasteiger partial charge in [0.2, 0.25) is 5.91 Å². The van der Waals surface area contributed by atoms with Crippen molar-refractivity contribution in [1.29, 1.82) is 0 Å². The van der Waals surface area contributed by atoms with Crippen molar-refractivity contribution in [2.24, 2.45) is 11.1 Å². The molecule has 98 valence electrons. The van der Waals surface area contributed by atoms with E-state index < -0.39 is 5.41 Å². The van der Waals surface area contributed by atoms with Crippen molar-refractivity contribution < 1.29 is 4.79 Å². The van der Waals surface area contributed by atoms with E-state index in [4.69, 9.17) is 29.6 Å². The Morgan fingerprint density at radius 2 is 2.28 bits per heavy atom. The molecule has 3 nitrogen and oxygen atoms in total. The number of thiophene rings is 1. The number of hydrogen-bond donors (Lipinski definition) is 2. The maximum atomic E-state index is 12.1. The summed E-state index contributed by atoms with van der Waals surface area (Å²) in [6, 6.07) is 3.84. The highest BCUT2D eigenvalue weighted by Gasteiger charge is 2.46. The predicted octanol–water partition coefficient (Wildman–Crippen LogP) is 2.52. The van der Waals surface area contributed by atoms with Crippen molar-refractivity contribution in [1.82, 2.24) is 5.32 Å². The normalized spacial score (nSPS) is 16.9. The van der Waals surface area contributed by atoms with Crippen LogP contribution in [0, 0.1) is 5.41 Å². The van der Waals surface area contributed by atoms with E-state index in [2.05, 4.69) is 5.32 Å². The number of hydrogen-bond acceptors (Lipinski definition) is 3. The molecule has 1 aliphatic rings. The van der Waals surface area contributed by atoms with E-state index in [9.17, 15) is 4.79 Å². The summed E-state index contributed by atoms with van der Waals surface area (Å²) in [7, 11) is 0. The van der Waals surface area contributed by atoms with Gasteiger partial charge in [0.05, 0.1) is 14.7 Å². The summed E-state index contributed by atoms with van der Waals surface area (Å²) in [6.07, 6.45) is 3.36. The Labute approximate surface area is 121 Å². The molecule has 3 N–H and O–H groups in total. The van der Waals surface area contributed by atoms with Gasteiger partial charge in [-0.15, -0.1) is 11.3 Å². The van der Waals surface area contributed by atoms with Crippen LogP contribution in [0.3, 0.4) is 0 Å². The first-order valence-electron chi connectivity index (χ1n) is 5.87. The van der Waals surface area contributed by atoms with Crippen LogP contribution in [0.4, 0.5) is 0 Å². The summed E-state index contributed by atoms with van der Waals surface area (Å²) < 4.78 is 0.773. The minimum Gasteiger partial charge on any atom is -0.392 e. The molecule has 0 radical (unpaired) electrons. The average Bonchev–Trinajstić information content (AvgIpc) is 2.61. The van der Waals surface area contributed by atoms with Gasteiger partial charge in [-0.1, -0.05) is 30.2 Å². The van der Waals surface area contributed by atoms with Gasteiger partial charge in [0.25, 0.3) is 0 Å². The molecule has 0 spiro atoms. The average molecular weight is 303 g/mol. The van der Waals surface area contributed by atoms with Crippen LogP contribution in [-0.4, -0.2) is 17.4 Å². The van der Waals surface area contributed by atoms with Crippen molar-refractivity contribution in [3.8, 4) is 0 Å². The van der Waals surface area contributed by atoms with E-state index in [1.165, 1.54) is 16.2 Å². The fourth-order valence-electron chi connectivity index (χ4n) is 2.07. The number of thiocarbonyl (C=S) groups is 1. The molecular weight excluding hydrogens is 288 g/mol. The topological polar surface area (TPSA) is 55.1 Å². The van der Waals surface area contributed by atoms with Crippen LogP contribution < -0.4 is 11.1 Å². The highest BCUT2D eigenvalue weighted by molar-refractivity contribution is 7.80. The van der Waals surface area contributed by atoms with Gasteiger partial charge in [0, 0.05) is 11.4 Å². The summed E-state index contributed by atoms with van der Waals surface area (Å²) in [5.74, 6) is -0.0242. The largest absolute Gasteiger partial charge is 0.392 e. The molecule has 1 aromatic rings. The molecule has 2 rings (SSSR count). The molecular formula is C12H15ClN2OS2. The van der Waals surface area contributed by atoms with Crippen molar-refractivity contribution in [3.05, 3.63) is 21.3 Å². The SMILES string of the molecule is NC(=S)C1(C(=O)NCCc2ccc(Cl)s2)CCC1. The number of halogens is 1. The number of rotatable bonds is 5. The Kier molecular flexibility index (Phi) is 4.25.